The van der Waals surface area contributed by atoms with Crippen molar-refractivity contribution >= 4 is 34.6 Å². The van der Waals surface area contributed by atoms with E-state index in [2.05, 4.69) is 52.2 Å². The number of benzene rings is 2. The second kappa shape index (κ2) is 7.91. The summed E-state index contributed by atoms with van der Waals surface area (Å²) in [6, 6.07) is 18.3. The largest absolute Gasteiger partial charge is 0.480 e. The van der Waals surface area contributed by atoms with Crippen molar-refractivity contribution < 1.29 is 4.74 Å². The van der Waals surface area contributed by atoms with Gasteiger partial charge in [-0.25, -0.2) is 9.97 Å². The van der Waals surface area contributed by atoms with Crippen molar-refractivity contribution in [1.29, 1.82) is 0 Å². The maximum atomic E-state index is 6.20. The lowest BCUT2D eigenvalue weighted by Gasteiger charge is -2.23. The summed E-state index contributed by atoms with van der Waals surface area (Å²) < 4.78 is 10.9. The van der Waals surface area contributed by atoms with E-state index in [9.17, 15) is 0 Å². The van der Waals surface area contributed by atoms with Crippen LogP contribution in [-0.2, 0) is 5.54 Å². The Labute approximate surface area is 180 Å². The van der Waals surface area contributed by atoms with Gasteiger partial charge in [-0.2, -0.15) is 0 Å². The van der Waals surface area contributed by atoms with E-state index in [0.29, 0.717) is 11.8 Å². The lowest BCUT2D eigenvalue weighted by molar-refractivity contribution is 0.387. The molecule has 2 heterocycles. The van der Waals surface area contributed by atoms with Gasteiger partial charge in [0, 0.05) is 23.0 Å². The monoisotopic (exact) mass is 419 g/mol. The molecule has 0 bridgehead atoms. The molecule has 0 atom stereocenters. The van der Waals surface area contributed by atoms with Crippen molar-refractivity contribution in [3.05, 3.63) is 60.8 Å². The summed E-state index contributed by atoms with van der Waals surface area (Å²) in [5.74, 6) is 1.10. The SMILES string of the molecule is COc1ncc(-c2ccc3nc(N)n(C(C)(C)C)c3c2)cc1SNc1ccccc1. The first-order valence-corrected chi connectivity index (χ1v) is 10.5. The van der Waals surface area contributed by atoms with E-state index in [4.69, 9.17) is 10.5 Å². The number of pyridine rings is 1. The molecule has 0 amide bonds. The van der Waals surface area contributed by atoms with Crippen LogP contribution in [0.5, 0.6) is 5.88 Å². The van der Waals surface area contributed by atoms with E-state index in [1.54, 1.807) is 7.11 Å². The van der Waals surface area contributed by atoms with Crippen molar-refractivity contribution in [2.75, 3.05) is 17.6 Å². The highest BCUT2D eigenvalue weighted by Gasteiger charge is 2.20. The molecule has 0 fully saturated rings. The van der Waals surface area contributed by atoms with Gasteiger partial charge in [-0.3, -0.25) is 0 Å². The van der Waals surface area contributed by atoms with Gasteiger partial charge < -0.3 is 19.8 Å². The molecular weight excluding hydrogens is 394 g/mol. The maximum Gasteiger partial charge on any atom is 0.228 e. The number of rotatable bonds is 5. The molecule has 6 nitrogen and oxygen atoms in total. The molecular formula is C23H25N5OS. The highest BCUT2D eigenvalue weighted by atomic mass is 32.2. The number of nitrogen functional groups attached to an aromatic ring is 1. The maximum absolute atomic E-state index is 6.20. The Morgan fingerprint density at radius 1 is 1.03 bits per heavy atom. The van der Waals surface area contributed by atoms with Gasteiger partial charge in [-0.05, 0) is 68.6 Å². The van der Waals surface area contributed by atoms with E-state index in [-0.39, 0.29) is 5.54 Å². The van der Waals surface area contributed by atoms with Crippen LogP contribution in [0.15, 0.2) is 65.7 Å². The van der Waals surface area contributed by atoms with Crippen LogP contribution in [0.25, 0.3) is 22.2 Å². The summed E-state index contributed by atoms with van der Waals surface area (Å²) in [6.45, 7) is 6.36. The van der Waals surface area contributed by atoms with Crippen LogP contribution in [0.3, 0.4) is 0 Å². The first kappa shape index (κ1) is 20.1. The van der Waals surface area contributed by atoms with Crippen LogP contribution in [-0.4, -0.2) is 21.6 Å². The molecule has 0 aliphatic carbocycles. The van der Waals surface area contributed by atoms with Crippen LogP contribution in [0.4, 0.5) is 11.6 Å². The molecule has 0 spiro atoms. The quantitative estimate of drug-likeness (QED) is 0.412. The number of nitrogens with zero attached hydrogens (tertiary/aromatic N) is 3. The predicted octanol–water partition coefficient (Wildman–Crippen LogP) is 5.56. The summed E-state index contributed by atoms with van der Waals surface area (Å²) in [6.07, 6.45) is 1.83. The van der Waals surface area contributed by atoms with Crippen molar-refractivity contribution in [3.63, 3.8) is 0 Å². The Morgan fingerprint density at radius 2 is 1.80 bits per heavy atom. The number of methoxy groups -OCH3 is 1. The number of para-hydroxylation sites is 1. The lowest BCUT2D eigenvalue weighted by Crippen LogP contribution is -2.23. The zero-order chi connectivity index (χ0) is 21.3. The molecule has 2 aromatic carbocycles. The number of hydrogen-bond acceptors (Lipinski definition) is 6. The van der Waals surface area contributed by atoms with Crippen LogP contribution in [0.1, 0.15) is 20.8 Å². The van der Waals surface area contributed by atoms with Crippen LogP contribution in [0, 0.1) is 0 Å². The minimum Gasteiger partial charge on any atom is -0.480 e. The third-order valence-corrected chi connectivity index (χ3v) is 5.60. The van der Waals surface area contributed by atoms with Crippen LogP contribution in [0.2, 0.25) is 0 Å². The second-order valence-corrected chi connectivity index (χ2v) is 8.83. The van der Waals surface area contributed by atoms with Crippen molar-refractivity contribution in [2.45, 2.75) is 31.2 Å². The number of fused-ring (bicyclic) bond motifs is 1. The van der Waals surface area contributed by atoms with Gasteiger partial charge in [-0.1, -0.05) is 24.3 Å². The van der Waals surface area contributed by atoms with Crippen molar-refractivity contribution in [3.8, 4) is 17.0 Å². The first-order valence-electron chi connectivity index (χ1n) is 9.67. The third-order valence-electron chi connectivity index (χ3n) is 4.75. The normalized spacial score (nSPS) is 11.6. The Hall–Kier alpha value is -3.19. The Bertz CT molecular complexity index is 1180. The Kier molecular flexibility index (Phi) is 5.30. The molecule has 4 rings (SSSR count). The number of aromatic nitrogens is 3. The number of anilines is 2. The average Bonchev–Trinajstić information content (AvgIpc) is 3.08. The number of nitrogens with two attached hydrogens (primary N) is 1. The third kappa shape index (κ3) is 3.93. The van der Waals surface area contributed by atoms with Gasteiger partial charge in [0.1, 0.15) is 0 Å². The molecule has 0 saturated heterocycles. The fourth-order valence-corrected chi connectivity index (χ4v) is 4.19. The van der Waals surface area contributed by atoms with Gasteiger partial charge in [0.25, 0.3) is 0 Å². The van der Waals surface area contributed by atoms with Crippen molar-refractivity contribution in [2.24, 2.45) is 0 Å². The zero-order valence-electron chi connectivity index (χ0n) is 17.5. The summed E-state index contributed by atoms with van der Waals surface area (Å²) in [4.78, 5) is 9.93. The molecule has 0 aliphatic heterocycles. The highest BCUT2D eigenvalue weighted by molar-refractivity contribution is 8.00. The molecule has 30 heavy (non-hydrogen) atoms. The Morgan fingerprint density at radius 3 is 2.50 bits per heavy atom. The van der Waals surface area contributed by atoms with Crippen LogP contribution >= 0.6 is 11.9 Å². The smallest absolute Gasteiger partial charge is 0.228 e. The van der Waals surface area contributed by atoms with Gasteiger partial charge in [0.05, 0.1) is 23.0 Å². The van der Waals surface area contributed by atoms with Crippen LogP contribution < -0.4 is 15.2 Å². The van der Waals surface area contributed by atoms with Gasteiger partial charge >= 0.3 is 0 Å². The topological polar surface area (TPSA) is 78.0 Å². The van der Waals surface area contributed by atoms with Gasteiger partial charge in [0.15, 0.2) is 0 Å². The minimum absolute atomic E-state index is 0.170. The summed E-state index contributed by atoms with van der Waals surface area (Å²) in [5, 5.41) is 0. The standard InChI is InChI=1S/C23H25N5OS/c1-23(2,3)28-19-12-15(10-11-18(19)26-22(28)24)16-13-20(21(29-4)25-14-16)30-27-17-8-6-5-7-9-17/h5-14,27H,1-4H3,(H2,24,26). The molecule has 0 saturated carbocycles. The summed E-state index contributed by atoms with van der Waals surface area (Å²) in [7, 11) is 1.63. The van der Waals surface area contributed by atoms with E-state index in [0.717, 1.165) is 32.7 Å². The molecule has 2 aromatic heterocycles. The molecule has 154 valence electrons. The number of imidazole rings is 1. The molecule has 3 N–H and O–H groups in total. The zero-order valence-corrected chi connectivity index (χ0v) is 18.3. The van der Waals surface area contributed by atoms with E-state index < -0.39 is 0 Å². The van der Waals surface area contributed by atoms with E-state index in [1.165, 1.54) is 11.9 Å². The van der Waals surface area contributed by atoms with Gasteiger partial charge in [-0.15, -0.1) is 0 Å². The number of hydrogen-bond donors (Lipinski definition) is 2. The number of nitrogens with one attached hydrogen (secondary N) is 1. The molecule has 4 aromatic rings. The van der Waals surface area contributed by atoms with Gasteiger partial charge in [0.2, 0.25) is 11.8 Å². The fraction of sp³-hybridized carbons (Fsp3) is 0.217. The average molecular weight is 420 g/mol. The number of ether oxygens (including phenoxy) is 1. The van der Waals surface area contributed by atoms with Crippen molar-refractivity contribution in [1.82, 2.24) is 14.5 Å². The first-order chi connectivity index (χ1) is 14.4. The molecule has 0 unspecified atom stereocenters. The molecule has 0 radical (unpaired) electrons. The van der Waals surface area contributed by atoms with E-state index in [1.807, 2.05) is 48.7 Å². The predicted molar refractivity (Wildman–Crippen MR) is 125 cm³/mol. The highest BCUT2D eigenvalue weighted by Crippen LogP contribution is 2.34. The van der Waals surface area contributed by atoms with E-state index >= 15 is 0 Å². The summed E-state index contributed by atoms with van der Waals surface area (Å²) >= 11 is 1.47. The molecule has 7 heteroatoms. The Balaban J connectivity index is 1.72. The summed E-state index contributed by atoms with van der Waals surface area (Å²) in [5.41, 5.74) is 11.0. The molecule has 0 aliphatic rings. The fourth-order valence-electron chi connectivity index (χ4n) is 3.41. The lowest BCUT2D eigenvalue weighted by atomic mass is 10.1. The minimum atomic E-state index is -0.170. The second-order valence-electron chi connectivity index (χ2n) is 7.98.